The van der Waals surface area contributed by atoms with Crippen LogP contribution in [0.25, 0.3) is 0 Å². The molecule has 154 valence electrons. The fourth-order valence-corrected chi connectivity index (χ4v) is 2.83. The normalized spacial score (nSPS) is 15.3. The number of carbonyl (C=O) groups is 2. The third-order valence-corrected chi connectivity index (χ3v) is 4.23. The van der Waals surface area contributed by atoms with E-state index in [0.717, 1.165) is 6.07 Å². The van der Waals surface area contributed by atoms with Gasteiger partial charge in [-0.15, -0.1) is 0 Å². The summed E-state index contributed by atoms with van der Waals surface area (Å²) < 4.78 is 15.4. The molecule has 10 nitrogen and oxygen atoms in total. The first kappa shape index (κ1) is 20.1. The van der Waals surface area contributed by atoms with Gasteiger partial charge in [0, 0.05) is 6.07 Å². The first-order valence-electron chi connectivity index (χ1n) is 8.51. The van der Waals surface area contributed by atoms with Crippen molar-refractivity contribution >= 4 is 11.8 Å². The van der Waals surface area contributed by atoms with Crippen molar-refractivity contribution in [1.29, 1.82) is 0 Å². The largest absolute Gasteiger partial charge is 0.504 e. The van der Waals surface area contributed by atoms with E-state index in [-0.39, 0.29) is 35.7 Å². The number of hydrogen-bond donors (Lipinski definition) is 5. The van der Waals surface area contributed by atoms with Crippen LogP contribution in [0.1, 0.15) is 34.9 Å². The van der Waals surface area contributed by atoms with Gasteiger partial charge in [-0.05, 0) is 17.7 Å². The highest BCUT2D eigenvalue weighted by molar-refractivity contribution is 6.03. The summed E-state index contributed by atoms with van der Waals surface area (Å²) in [5.41, 5.74) is 0.202. The highest BCUT2D eigenvalue weighted by atomic mass is 16.7. The average molecular weight is 406 g/mol. The molecule has 0 fully saturated rings. The Hall–Kier alpha value is -3.66. The molecule has 10 heteroatoms. The summed E-state index contributed by atoms with van der Waals surface area (Å²) in [4.78, 5) is 23.8. The number of phenolic OH excluding ortho intramolecular Hbond substituents is 4. The topological polar surface area (TPSA) is 163 Å². The number of benzene rings is 2. The summed E-state index contributed by atoms with van der Waals surface area (Å²) in [6.07, 6.45) is -1.24. The van der Waals surface area contributed by atoms with Gasteiger partial charge in [-0.1, -0.05) is 6.07 Å². The highest BCUT2D eigenvalue weighted by Gasteiger charge is 2.33. The lowest BCUT2D eigenvalue weighted by Gasteiger charge is -2.27. The minimum atomic E-state index is -0.813. The molecule has 0 saturated heterocycles. The molecule has 1 atom stereocenters. The summed E-state index contributed by atoms with van der Waals surface area (Å²) in [5, 5.41) is 48.1. The molecule has 1 heterocycles. The number of ether oxygens (including phenoxy) is 3. The summed E-state index contributed by atoms with van der Waals surface area (Å²) in [7, 11) is 0. The SMILES string of the molecule is O=C(CCO)OCOc1c(O)cc2c(c1O)C(=O)CC(c1ccc(O)c(O)c1)O2. The monoisotopic (exact) mass is 406 g/mol. The number of aromatic hydroxyl groups is 4. The van der Waals surface area contributed by atoms with Crippen LogP contribution in [-0.4, -0.2) is 50.7 Å². The third-order valence-electron chi connectivity index (χ3n) is 4.23. The Morgan fingerprint density at radius 1 is 1.10 bits per heavy atom. The molecular weight excluding hydrogens is 388 g/mol. The lowest BCUT2D eigenvalue weighted by atomic mass is 9.95. The van der Waals surface area contributed by atoms with Crippen molar-refractivity contribution in [2.45, 2.75) is 18.9 Å². The van der Waals surface area contributed by atoms with Crippen LogP contribution in [0.3, 0.4) is 0 Å². The second-order valence-electron chi connectivity index (χ2n) is 6.18. The van der Waals surface area contributed by atoms with Crippen molar-refractivity contribution < 1.29 is 49.3 Å². The maximum Gasteiger partial charge on any atom is 0.310 e. The highest BCUT2D eigenvalue weighted by Crippen LogP contribution is 2.48. The molecule has 0 aromatic heterocycles. The molecule has 0 saturated carbocycles. The molecule has 5 N–H and O–H groups in total. The minimum Gasteiger partial charge on any atom is -0.504 e. The predicted octanol–water partition coefficient (Wildman–Crippen LogP) is 1.48. The maximum absolute atomic E-state index is 12.6. The van der Waals surface area contributed by atoms with Crippen LogP contribution >= 0.6 is 0 Å². The average Bonchev–Trinajstić information content (AvgIpc) is 2.66. The van der Waals surface area contributed by atoms with E-state index < -0.39 is 48.5 Å². The van der Waals surface area contributed by atoms with Crippen molar-refractivity contribution in [2.24, 2.45) is 0 Å². The van der Waals surface area contributed by atoms with Crippen molar-refractivity contribution in [3.63, 3.8) is 0 Å². The number of aliphatic hydroxyl groups excluding tert-OH is 1. The zero-order valence-corrected chi connectivity index (χ0v) is 15.0. The summed E-state index contributed by atoms with van der Waals surface area (Å²) in [6.45, 7) is -1.05. The number of rotatable bonds is 6. The summed E-state index contributed by atoms with van der Waals surface area (Å²) >= 11 is 0. The Morgan fingerprint density at radius 2 is 1.86 bits per heavy atom. The minimum absolute atomic E-state index is 0.0987. The van der Waals surface area contributed by atoms with E-state index in [1.165, 1.54) is 18.2 Å². The standard InChI is InChI=1S/C19H18O10/c20-4-3-16(25)27-8-28-19-13(24)7-15-17(18(19)26)12(23)6-14(29-15)9-1-2-10(21)11(22)5-9/h1-2,5,7,14,20-22,24,26H,3-4,6,8H2. The lowest BCUT2D eigenvalue weighted by Crippen LogP contribution is -2.21. The van der Waals surface area contributed by atoms with Gasteiger partial charge < -0.3 is 39.7 Å². The number of esters is 1. The van der Waals surface area contributed by atoms with Crippen molar-refractivity contribution in [3.05, 3.63) is 35.4 Å². The Labute approximate surface area is 164 Å². The van der Waals surface area contributed by atoms with E-state index >= 15 is 0 Å². The van der Waals surface area contributed by atoms with E-state index in [1.54, 1.807) is 0 Å². The van der Waals surface area contributed by atoms with Gasteiger partial charge in [0.05, 0.1) is 19.4 Å². The Balaban J connectivity index is 1.83. The number of phenols is 4. The van der Waals surface area contributed by atoms with Gasteiger partial charge in [-0.2, -0.15) is 0 Å². The van der Waals surface area contributed by atoms with Crippen LogP contribution in [0, 0.1) is 0 Å². The molecule has 0 aliphatic carbocycles. The van der Waals surface area contributed by atoms with Crippen LogP contribution in [0.15, 0.2) is 24.3 Å². The van der Waals surface area contributed by atoms with Gasteiger partial charge in [0.2, 0.25) is 12.5 Å². The van der Waals surface area contributed by atoms with Crippen LogP contribution in [0.4, 0.5) is 0 Å². The molecule has 0 amide bonds. The molecule has 3 rings (SSSR count). The fraction of sp³-hybridized carbons (Fsp3) is 0.263. The van der Waals surface area contributed by atoms with Crippen LogP contribution in [0.2, 0.25) is 0 Å². The second kappa shape index (κ2) is 8.15. The van der Waals surface area contributed by atoms with Gasteiger partial charge in [0.15, 0.2) is 28.8 Å². The fourth-order valence-electron chi connectivity index (χ4n) is 2.83. The predicted molar refractivity (Wildman–Crippen MR) is 95.1 cm³/mol. The molecular formula is C19H18O10. The van der Waals surface area contributed by atoms with Crippen LogP contribution in [-0.2, 0) is 9.53 Å². The first-order chi connectivity index (χ1) is 13.8. The van der Waals surface area contributed by atoms with Gasteiger partial charge in [0.25, 0.3) is 0 Å². The molecule has 1 aliphatic heterocycles. The Morgan fingerprint density at radius 3 is 2.55 bits per heavy atom. The van der Waals surface area contributed by atoms with Crippen molar-refractivity contribution in [1.82, 2.24) is 0 Å². The summed E-state index contributed by atoms with van der Waals surface area (Å²) in [5.74, 6) is -3.75. The van der Waals surface area contributed by atoms with E-state index in [0.29, 0.717) is 5.56 Å². The van der Waals surface area contributed by atoms with Gasteiger partial charge in [-0.3, -0.25) is 9.59 Å². The third kappa shape index (κ3) is 4.11. The molecule has 2 aromatic carbocycles. The van der Waals surface area contributed by atoms with Crippen molar-refractivity contribution in [3.8, 4) is 34.5 Å². The molecule has 0 spiro atoms. The number of aliphatic hydroxyl groups is 1. The molecule has 2 aromatic rings. The number of hydrogen-bond acceptors (Lipinski definition) is 10. The molecule has 0 bridgehead atoms. The van der Waals surface area contributed by atoms with Crippen molar-refractivity contribution in [2.75, 3.05) is 13.4 Å². The smallest absolute Gasteiger partial charge is 0.310 e. The zero-order valence-electron chi connectivity index (χ0n) is 15.0. The van der Waals surface area contributed by atoms with E-state index in [4.69, 9.17) is 14.6 Å². The lowest BCUT2D eigenvalue weighted by molar-refractivity contribution is -0.151. The Bertz CT molecular complexity index is 952. The summed E-state index contributed by atoms with van der Waals surface area (Å²) in [6, 6.07) is 5.04. The molecule has 1 unspecified atom stereocenters. The van der Waals surface area contributed by atoms with E-state index in [9.17, 15) is 30.0 Å². The molecule has 29 heavy (non-hydrogen) atoms. The van der Waals surface area contributed by atoms with Gasteiger partial charge in [-0.25, -0.2) is 0 Å². The number of ketones is 1. The molecule has 1 aliphatic rings. The second-order valence-corrected chi connectivity index (χ2v) is 6.18. The van der Waals surface area contributed by atoms with Gasteiger partial charge in [0.1, 0.15) is 17.4 Å². The van der Waals surface area contributed by atoms with Crippen LogP contribution < -0.4 is 9.47 Å². The van der Waals surface area contributed by atoms with E-state index in [1.807, 2.05) is 0 Å². The number of carbonyl (C=O) groups excluding carboxylic acids is 2. The first-order valence-corrected chi connectivity index (χ1v) is 8.51. The molecule has 0 radical (unpaired) electrons. The van der Waals surface area contributed by atoms with Gasteiger partial charge >= 0.3 is 5.97 Å². The maximum atomic E-state index is 12.6. The quantitative estimate of drug-likeness (QED) is 0.270. The number of Topliss-reactive ketones (excluding diaryl/α,β-unsaturated/α-hetero) is 1. The zero-order chi connectivity index (χ0) is 21.1. The Kier molecular flexibility index (Phi) is 5.64. The van der Waals surface area contributed by atoms with Crippen LogP contribution in [0.5, 0.6) is 34.5 Å². The number of fused-ring (bicyclic) bond motifs is 1. The van der Waals surface area contributed by atoms with E-state index in [2.05, 4.69) is 4.74 Å².